The van der Waals surface area contributed by atoms with Crippen LogP contribution in [0, 0.1) is 5.82 Å². The van der Waals surface area contributed by atoms with Gasteiger partial charge in [0.2, 0.25) is 0 Å². The zero-order valence-electron chi connectivity index (χ0n) is 10.1. The fraction of sp³-hybridized carbons (Fsp3) is 0.0625. The van der Waals surface area contributed by atoms with Gasteiger partial charge in [0.1, 0.15) is 5.82 Å². The first-order valence-electron chi connectivity index (χ1n) is 5.70. The van der Waals surface area contributed by atoms with Crippen molar-refractivity contribution in [2.24, 2.45) is 0 Å². The van der Waals surface area contributed by atoms with Gasteiger partial charge in [0.25, 0.3) is 0 Å². The van der Waals surface area contributed by atoms with Gasteiger partial charge in [-0.2, -0.15) is 0 Å². The molecule has 0 saturated carbocycles. The van der Waals surface area contributed by atoms with Crippen molar-refractivity contribution in [3.63, 3.8) is 0 Å². The molecule has 0 aliphatic heterocycles. The highest BCUT2D eigenvalue weighted by Gasteiger charge is 1.97. The van der Waals surface area contributed by atoms with Crippen LogP contribution < -0.4 is 0 Å². The van der Waals surface area contributed by atoms with E-state index >= 15 is 0 Å². The van der Waals surface area contributed by atoms with Crippen molar-refractivity contribution in [3.05, 3.63) is 71.0 Å². The fourth-order valence-corrected chi connectivity index (χ4v) is 1.60. The maximum absolute atomic E-state index is 12.7. The molecule has 0 spiro atoms. The average molecular weight is 240 g/mol. The van der Waals surface area contributed by atoms with Gasteiger partial charge in [-0.25, -0.2) is 4.39 Å². The second-order valence-corrected chi connectivity index (χ2v) is 4.06. The molecule has 0 bridgehead atoms. The van der Waals surface area contributed by atoms with Crippen molar-refractivity contribution in [2.45, 2.75) is 6.92 Å². The Balaban J connectivity index is 2.13. The number of Topliss-reactive ketones (excluding diaryl/α,β-unsaturated/α-hetero) is 1. The molecule has 0 aliphatic carbocycles. The molecule has 2 aromatic carbocycles. The third-order valence-electron chi connectivity index (χ3n) is 2.66. The number of hydrogen-bond acceptors (Lipinski definition) is 1. The van der Waals surface area contributed by atoms with Crippen molar-refractivity contribution < 1.29 is 9.18 Å². The summed E-state index contributed by atoms with van der Waals surface area (Å²) >= 11 is 0. The SMILES string of the molecule is CC(=O)c1ccc(/C=C/c2ccc(F)cc2)cc1. The molecule has 0 heterocycles. The minimum Gasteiger partial charge on any atom is -0.295 e. The Labute approximate surface area is 106 Å². The number of rotatable bonds is 3. The highest BCUT2D eigenvalue weighted by molar-refractivity contribution is 5.94. The third kappa shape index (κ3) is 3.14. The molecule has 0 N–H and O–H groups in total. The molecule has 0 radical (unpaired) electrons. The van der Waals surface area contributed by atoms with Gasteiger partial charge < -0.3 is 0 Å². The summed E-state index contributed by atoms with van der Waals surface area (Å²) in [5.41, 5.74) is 2.64. The number of benzene rings is 2. The highest BCUT2D eigenvalue weighted by atomic mass is 19.1. The van der Waals surface area contributed by atoms with E-state index in [4.69, 9.17) is 0 Å². The van der Waals surface area contributed by atoms with Gasteiger partial charge in [0.15, 0.2) is 5.78 Å². The minimum atomic E-state index is -0.238. The van der Waals surface area contributed by atoms with Crippen LogP contribution in [0.15, 0.2) is 48.5 Å². The Morgan fingerprint density at radius 2 is 1.33 bits per heavy atom. The van der Waals surface area contributed by atoms with E-state index in [0.29, 0.717) is 5.56 Å². The Bertz CT molecular complexity index is 565. The normalized spacial score (nSPS) is 10.8. The fourth-order valence-electron chi connectivity index (χ4n) is 1.60. The van der Waals surface area contributed by atoms with Gasteiger partial charge in [-0.1, -0.05) is 48.6 Å². The Morgan fingerprint density at radius 3 is 1.78 bits per heavy atom. The van der Waals surface area contributed by atoms with Gasteiger partial charge in [-0.3, -0.25) is 4.79 Å². The van der Waals surface area contributed by atoms with Gasteiger partial charge in [-0.05, 0) is 30.2 Å². The van der Waals surface area contributed by atoms with E-state index in [0.717, 1.165) is 11.1 Å². The van der Waals surface area contributed by atoms with Crippen LogP contribution >= 0.6 is 0 Å². The van der Waals surface area contributed by atoms with E-state index < -0.39 is 0 Å². The largest absolute Gasteiger partial charge is 0.295 e. The second kappa shape index (κ2) is 5.41. The molecule has 0 aliphatic rings. The summed E-state index contributed by atoms with van der Waals surface area (Å²) in [7, 11) is 0. The Hall–Kier alpha value is -2.22. The van der Waals surface area contributed by atoms with Crippen LogP contribution in [-0.4, -0.2) is 5.78 Å². The first kappa shape index (κ1) is 12.2. The lowest BCUT2D eigenvalue weighted by atomic mass is 10.1. The monoisotopic (exact) mass is 240 g/mol. The van der Waals surface area contributed by atoms with Gasteiger partial charge in [0, 0.05) is 5.56 Å². The summed E-state index contributed by atoms with van der Waals surface area (Å²) in [6, 6.07) is 13.7. The molecule has 2 heteroatoms. The van der Waals surface area contributed by atoms with Crippen LogP contribution in [0.1, 0.15) is 28.4 Å². The maximum atomic E-state index is 12.7. The first-order chi connectivity index (χ1) is 8.65. The highest BCUT2D eigenvalue weighted by Crippen LogP contribution is 2.10. The van der Waals surface area contributed by atoms with Crippen LogP contribution in [0.5, 0.6) is 0 Å². The van der Waals surface area contributed by atoms with Crippen LogP contribution in [0.25, 0.3) is 12.2 Å². The number of halogens is 1. The minimum absolute atomic E-state index is 0.0593. The van der Waals surface area contributed by atoms with Gasteiger partial charge in [0.05, 0.1) is 0 Å². The van der Waals surface area contributed by atoms with Crippen LogP contribution in [0.2, 0.25) is 0 Å². The molecule has 0 unspecified atom stereocenters. The van der Waals surface area contributed by atoms with E-state index in [2.05, 4.69) is 0 Å². The number of carbonyl (C=O) groups excluding carboxylic acids is 1. The first-order valence-corrected chi connectivity index (χ1v) is 5.70. The predicted molar refractivity (Wildman–Crippen MR) is 71.8 cm³/mol. The van der Waals surface area contributed by atoms with E-state index in [9.17, 15) is 9.18 Å². The quantitative estimate of drug-likeness (QED) is 0.580. The second-order valence-electron chi connectivity index (χ2n) is 4.06. The summed E-state index contributed by atoms with van der Waals surface area (Å²) in [6.45, 7) is 1.55. The van der Waals surface area contributed by atoms with Crippen molar-refractivity contribution >= 4 is 17.9 Å². The molecule has 0 amide bonds. The van der Waals surface area contributed by atoms with Gasteiger partial charge in [-0.15, -0.1) is 0 Å². The summed E-state index contributed by atoms with van der Waals surface area (Å²) in [5.74, 6) is -0.179. The molecule has 2 rings (SSSR count). The number of carbonyl (C=O) groups is 1. The lowest BCUT2D eigenvalue weighted by molar-refractivity contribution is 0.101. The number of hydrogen-bond donors (Lipinski definition) is 0. The van der Waals surface area contributed by atoms with Crippen LogP contribution in [0.3, 0.4) is 0 Å². The summed E-state index contributed by atoms with van der Waals surface area (Å²) in [6.07, 6.45) is 3.83. The molecule has 90 valence electrons. The summed E-state index contributed by atoms with van der Waals surface area (Å²) in [4.78, 5) is 11.1. The average Bonchev–Trinajstić information content (AvgIpc) is 2.38. The van der Waals surface area contributed by atoms with Crippen LogP contribution in [-0.2, 0) is 0 Å². The molecule has 0 saturated heterocycles. The van der Waals surface area contributed by atoms with E-state index in [1.807, 2.05) is 24.3 Å². The predicted octanol–water partition coefficient (Wildman–Crippen LogP) is 4.20. The standard InChI is InChI=1S/C16H13FO/c1-12(18)15-8-4-13(5-9-15)2-3-14-6-10-16(17)11-7-14/h2-11H,1H3/b3-2+. The summed E-state index contributed by atoms with van der Waals surface area (Å²) in [5, 5.41) is 0. The molecule has 0 atom stereocenters. The molecular weight excluding hydrogens is 227 g/mol. The van der Waals surface area contributed by atoms with Crippen molar-refractivity contribution in [2.75, 3.05) is 0 Å². The lowest BCUT2D eigenvalue weighted by Gasteiger charge is -1.97. The molecule has 18 heavy (non-hydrogen) atoms. The summed E-state index contributed by atoms with van der Waals surface area (Å²) < 4.78 is 12.7. The molecular formula is C16H13FO. The van der Waals surface area contributed by atoms with Crippen molar-refractivity contribution in [1.82, 2.24) is 0 Å². The maximum Gasteiger partial charge on any atom is 0.159 e. The van der Waals surface area contributed by atoms with Gasteiger partial charge >= 0.3 is 0 Å². The zero-order chi connectivity index (χ0) is 13.0. The lowest BCUT2D eigenvalue weighted by Crippen LogP contribution is -1.90. The zero-order valence-corrected chi connectivity index (χ0v) is 10.1. The topological polar surface area (TPSA) is 17.1 Å². The van der Waals surface area contributed by atoms with E-state index in [1.54, 1.807) is 31.2 Å². The number of ketones is 1. The smallest absolute Gasteiger partial charge is 0.159 e. The Morgan fingerprint density at radius 1 is 0.889 bits per heavy atom. The third-order valence-corrected chi connectivity index (χ3v) is 2.66. The Kier molecular flexibility index (Phi) is 3.68. The molecule has 1 nitrogen and oxygen atoms in total. The van der Waals surface area contributed by atoms with Crippen molar-refractivity contribution in [1.29, 1.82) is 0 Å². The molecule has 0 aromatic heterocycles. The van der Waals surface area contributed by atoms with E-state index in [-0.39, 0.29) is 11.6 Å². The van der Waals surface area contributed by atoms with Crippen molar-refractivity contribution in [3.8, 4) is 0 Å². The van der Waals surface area contributed by atoms with Crippen LogP contribution in [0.4, 0.5) is 4.39 Å². The van der Waals surface area contributed by atoms with E-state index in [1.165, 1.54) is 12.1 Å². The molecule has 2 aromatic rings. The molecule has 0 fully saturated rings.